The number of hydrogen-bond acceptors (Lipinski definition) is 12. The Morgan fingerprint density at radius 3 is 2.22 bits per heavy atom. The maximum Gasteiger partial charge on any atom is 0.435 e. The van der Waals surface area contributed by atoms with E-state index in [1.54, 1.807) is 6.07 Å². The third kappa shape index (κ3) is 14.5. The number of amides is 5. The van der Waals surface area contributed by atoms with Crippen LogP contribution in [0.3, 0.4) is 0 Å². The van der Waals surface area contributed by atoms with Crippen molar-refractivity contribution in [2.75, 3.05) is 70.5 Å². The summed E-state index contributed by atoms with van der Waals surface area (Å²) in [5.41, 5.74) is 4.47. The fourth-order valence-electron chi connectivity index (χ4n) is 8.81. The molecule has 3 fully saturated rings. The van der Waals surface area contributed by atoms with Gasteiger partial charge in [0.25, 0.3) is 5.91 Å². The molecule has 1 aromatic heterocycles. The Kier molecular flexibility index (Phi) is 17.9. The van der Waals surface area contributed by atoms with Crippen LogP contribution in [0, 0.1) is 5.41 Å². The quantitative estimate of drug-likeness (QED) is 0.0606. The molecule has 1 saturated carbocycles. The van der Waals surface area contributed by atoms with Crippen LogP contribution in [0.25, 0.3) is 5.69 Å². The molecular formula is C44H63F3N8O9S. The first-order valence-electron chi connectivity index (χ1n) is 22.6. The predicted molar refractivity (Wildman–Crippen MR) is 236 cm³/mol. The van der Waals surface area contributed by atoms with Crippen molar-refractivity contribution in [3.05, 3.63) is 40.7 Å². The number of ether oxygens (including phenoxy) is 4. The van der Waals surface area contributed by atoms with Gasteiger partial charge in [-0.3, -0.25) is 19.2 Å². The second-order valence-electron chi connectivity index (χ2n) is 17.8. The SMILES string of the molecule is CC1(C)CC(=O)c2c(C(F)(F)F)nn(-c3ccc(C(N)=O)c(NC4CCC(NC(=O)CCOCCOCCOCCOCCNC(=O)CCCCC5SC[C@@H]6NC(=O)N[C@H]56)CC4)c3)c2C1. The number of nitrogens with one attached hydrogen (secondary N) is 5. The predicted octanol–water partition coefficient (Wildman–Crippen LogP) is 4.28. The minimum absolute atomic E-state index is 0.00756. The van der Waals surface area contributed by atoms with Crippen molar-refractivity contribution < 1.29 is 56.1 Å². The highest BCUT2D eigenvalue weighted by Gasteiger charge is 2.46. The molecule has 2 aromatic rings. The maximum absolute atomic E-state index is 14.0. The van der Waals surface area contributed by atoms with E-state index >= 15 is 0 Å². The molecule has 2 saturated heterocycles. The zero-order valence-electron chi connectivity index (χ0n) is 37.2. The van der Waals surface area contributed by atoms with Gasteiger partial charge in [0.05, 0.1) is 87.4 Å². The Labute approximate surface area is 381 Å². The summed E-state index contributed by atoms with van der Waals surface area (Å²) < 4.78 is 65.4. The highest BCUT2D eigenvalue weighted by molar-refractivity contribution is 8.00. The molecule has 2 aliphatic carbocycles. The Balaban J connectivity index is 0.771. The largest absolute Gasteiger partial charge is 0.435 e. The second kappa shape index (κ2) is 23.3. The molecule has 5 amide bonds. The number of benzene rings is 1. The van der Waals surface area contributed by atoms with Gasteiger partial charge in [-0.1, -0.05) is 20.3 Å². The lowest BCUT2D eigenvalue weighted by Gasteiger charge is -2.31. The minimum Gasteiger partial charge on any atom is -0.382 e. The molecule has 1 unspecified atom stereocenters. The van der Waals surface area contributed by atoms with Gasteiger partial charge in [-0.15, -0.1) is 0 Å². The number of nitrogens with zero attached hydrogens (tertiary/aromatic N) is 2. The van der Waals surface area contributed by atoms with Crippen molar-refractivity contribution in [1.82, 2.24) is 31.0 Å². The zero-order valence-corrected chi connectivity index (χ0v) is 38.0. The van der Waals surface area contributed by atoms with Gasteiger partial charge in [0.15, 0.2) is 11.5 Å². The molecule has 1 aromatic carbocycles. The van der Waals surface area contributed by atoms with Crippen LogP contribution in [0.5, 0.6) is 0 Å². The van der Waals surface area contributed by atoms with Gasteiger partial charge < -0.3 is 51.3 Å². The van der Waals surface area contributed by atoms with Crippen LogP contribution >= 0.6 is 11.8 Å². The van der Waals surface area contributed by atoms with Crippen molar-refractivity contribution in [2.24, 2.45) is 11.1 Å². The van der Waals surface area contributed by atoms with Crippen molar-refractivity contribution in [1.29, 1.82) is 0 Å². The number of Topliss-reactive ketones (excluding diaryl/α,β-unsaturated/α-hetero) is 1. The summed E-state index contributed by atoms with van der Waals surface area (Å²) in [4.78, 5) is 61.5. The normalized spacial score (nSPS) is 22.4. The van der Waals surface area contributed by atoms with Crippen LogP contribution < -0.4 is 32.3 Å². The summed E-state index contributed by atoms with van der Waals surface area (Å²) in [5.74, 6) is -0.495. The van der Waals surface area contributed by atoms with Gasteiger partial charge in [0.1, 0.15) is 0 Å². The molecule has 21 heteroatoms. The summed E-state index contributed by atoms with van der Waals surface area (Å²) in [5, 5.41) is 19.5. The Morgan fingerprint density at radius 2 is 1.54 bits per heavy atom. The molecule has 0 bridgehead atoms. The number of carbonyl (C=O) groups is 5. The molecule has 0 radical (unpaired) electrons. The second-order valence-corrected chi connectivity index (χ2v) is 19.1. The maximum atomic E-state index is 14.0. The lowest BCUT2D eigenvalue weighted by molar-refractivity contribution is -0.141. The number of alkyl halides is 3. The van der Waals surface area contributed by atoms with E-state index < -0.39 is 34.5 Å². The molecule has 2 aliphatic heterocycles. The number of hydrogen-bond donors (Lipinski definition) is 6. The number of aromatic nitrogens is 2. The first-order valence-corrected chi connectivity index (χ1v) is 23.6. The average molecular weight is 937 g/mol. The number of fused-ring (bicyclic) bond motifs is 2. The summed E-state index contributed by atoms with van der Waals surface area (Å²) >= 11 is 1.88. The van der Waals surface area contributed by atoms with Crippen molar-refractivity contribution in [2.45, 2.75) is 120 Å². The molecule has 3 heterocycles. The van der Waals surface area contributed by atoms with Gasteiger partial charge in [-0.25, -0.2) is 9.48 Å². The van der Waals surface area contributed by atoms with Gasteiger partial charge in [-0.2, -0.15) is 30.0 Å². The number of rotatable bonds is 25. The van der Waals surface area contributed by atoms with E-state index in [9.17, 15) is 37.1 Å². The number of carbonyl (C=O) groups excluding carboxylic acids is 5. The molecule has 0 spiro atoms. The molecule has 4 aliphatic rings. The first kappa shape index (κ1) is 50.0. The monoisotopic (exact) mass is 936 g/mol. The van der Waals surface area contributed by atoms with Crippen LogP contribution in [0.1, 0.15) is 110 Å². The Hall–Kier alpha value is -4.44. The van der Waals surface area contributed by atoms with Gasteiger partial charge in [0, 0.05) is 54.6 Å². The number of anilines is 1. The van der Waals surface area contributed by atoms with Crippen molar-refractivity contribution in [3.8, 4) is 5.69 Å². The topological polar surface area (TPSA) is 226 Å². The summed E-state index contributed by atoms with van der Waals surface area (Å²) in [6, 6.07) is 4.66. The van der Waals surface area contributed by atoms with Crippen molar-refractivity contribution >= 4 is 47.0 Å². The first-order chi connectivity index (χ1) is 31.1. The van der Waals surface area contributed by atoms with E-state index in [0.717, 1.165) is 29.7 Å². The van der Waals surface area contributed by atoms with Crippen LogP contribution in [0.2, 0.25) is 0 Å². The van der Waals surface area contributed by atoms with Crippen LogP contribution in [-0.2, 0) is 41.1 Å². The number of nitrogens with two attached hydrogens (primary N) is 1. The summed E-state index contributed by atoms with van der Waals surface area (Å²) in [6.45, 7) is 6.98. The number of halogens is 3. The smallest absolute Gasteiger partial charge is 0.382 e. The molecule has 65 heavy (non-hydrogen) atoms. The minimum atomic E-state index is -4.82. The molecule has 6 rings (SSSR count). The highest BCUT2D eigenvalue weighted by Crippen LogP contribution is 2.42. The van der Waals surface area contributed by atoms with E-state index in [1.807, 2.05) is 25.6 Å². The van der Waals surface area contributed by atoms with Gasteiger partial charge >= 0.3 is 12.2 Å². The van der Waals surface area contributed by atoms with Crippen molar-refractivity contribution in [3.63, 3.8) is 0 Å². The van der Waals surface area contributed by atoms with E-state index in [2.05, 4.69) is 31.7 Å². The van der Waals surface area contributed by atoms with E-state index in [1.165, 1.54) is 12.1 Å². The highest BCUT2D eigenvalue weighted by atomic mass is 32.2. The third-order valence-electron chi connectivity index (χ3n) is 12.0. The third-order valence-corrected chi connectivity index (χ3v) is 13.5. The summed E-state index contributed by atoms with van der Waals surface area (Å²) in [7, 11) is 0. The lowest BCUT2D eigenvalue weighted by atomic mass is 9.75. The Morgan fingerprint density at radius 1 is 0.877 bits per heavy atom. The molecule has 7 N–H and O–H groups in total. The Bertz CT molecular complexity index is 1980. The van der Waals surface area contributed by atoms with E-state index in [4.69, 9.17) is 24.7 Å². The van der Waals surface area contributed by atoms with Gasteiger partial charge in [0.2, 0.25) is 11.8 Å². The van der Waals surface area contributed by atoms with E-state index in [-0.39, 0.29) is 84.8 Å². The van der Waals surface area contributed by atoms with E-state index in [0.29, 0.717) is 95.8 Å². The fraction of sp³-hybridized carbons (Fsp3) is 0.682. The van der Waals surface area contributed by atoms with Gasteiger partial charge in [-0.05, 0) is 68.6 Å². The summed E-state index contributed by atoms with van der Waals surface area (Å²) in [6.07, 6.45) is 1.40. The number of primary amides is 1. The molecule has 360 valence electrons. The van der Waals surface area contributed by atoms with Crippen LogP contribution in [0.4, 0.5) is 23.7 Å². The fourth-order valence-corrected chi connectivity index (χ4v) is 10.4. The van der Waals surface area contributed by atoms with Crippen LogP contribution in [0.15, 0.2) is 18.2 Å². The zero-order chi connectivity index (χ0) is 46.6. The molecule has 3 atom stereocenters. The molecule has 17 nitrogen and oxygen atoms in total. The lowest BCUT2D eigenvalue weighted by Crippen LogP contribution is -2.40. The number of unbranched alkanes of at least 4 members (excludes halogenated alkanes) is 1. The number of ketones is 1. The average Bonchev–Trinajstić information content (AvgIpc) is 3.93. The van der Waals surface area contributed by atoms with Crippen LogP contribution in [-0.4, -0.2) is 134 Å². The molecular weight excluding hydrogens is 874 g/mol. The number of urea groups is 1. The standard InChI is InChI=1S/C44H63F3N8O9S/c1-43(2)24-33-38(34(56)25-43)40(44(45,46)47)54-55(33)29-11-12-30(41(48)59)31(23-29)50-27-7-9-28(10-8-27)51-37(58)13-15-61-17-19-63-21-22-64-20-18-62-16-14-49-36(57)6-4-3-5-35-39-32(26-65-35)52-42(60)53-39/h11-12,23,27-28,32,35,39,50H,3-10,13-22,24-26H2,1-2H3,(H2,48,59)(H,49,57)(H,51,58)(H2,52,53,60)/t27?,28?,32-,35?,39-/m0/s1. The number of thioether (sulfide) groups is 1.